The van der Waals surface area contributed by atoms with Crippen LogP contribution in [0.2, 0.25) is 10.0 Å². The number of nitrogens with zero attached hydrogens (tertiary/aromatic N) is 2. The molecule has 0 saturated heterocycles. The molecule has 0 bridgehead atoms. The number of fused-ring (bicyclic) bond motifs is 2. The molecule has 5 rings (SSSR count). The van der Waals surface area contributed by atoms with Gasteiger partial charge in [-0.2, -0.15) is 5.10 Å². The Morgan fingerprint density at radius 2 is 1.49 bits per heavy atom. The van der Waals surface area contributed by atoms with E-state index in [1.54, 1.807) is 48.7 Å². The fourth-order valence-electron chi connectivity index (χ4n) is 4.40. The normalized spacial score (nSPS) is 11.8. The molecular formula is C30H23Cl2N3O3S. The molecule has 0 aliphatic heterocycles. The molecule has 0 spiro atoms. The van der Waals surface area contributed by atoms with Crippen LogP contribution in [0.3, 0.4) is 0 Å². The summed E-state index contributed by atoms with van der Waals surface area (Å²) in [6.45, 7) is 0.0209. The van der Waals surface area contributed by atoms with Crippen LogP contribution >= 0.6 is 23.2 Å². The summed E-state index contributed by atoms with van der Waals surface area (Å²) < 4.78 is 26.2. The second kappa shape index (κ2) is 11.1. The highest BCUT2D eigenvalue weighted by Gasteiger charge is 2.21. The maximum absolute atomic E-state index is 12.8. The zero-order valence-electron chi connectivity index (χ0n) is 20.8. The Balaban J connectivity index is 1.34. The summed E-state index contributed by atoms with van der Waals surface area (Å²) in [5, 5.41) is 8.89. The summed E-state index contributed by atoms with van der Waals surface area (Å²) in [6, 6.07) is 29.6. The van der Waals surface area contributed by atoms with Gasteiger partial charge in [-0.3, -0.25) is 9.10 Å². The first-order chi connectivity index (χ1) is 18.7. The molecule has 196 valence electrons. The topological polar surface area (TPSA) is 78.8 Å². The maximum Gasteiger partial charge on any atom is 0.271 e. The lowest BCUT2D eigenvalue weighted by atomic mass is 9.97. The Morgan fingerprint density at radius 1 is 0.872 bits per heavy atom. The first-order valence-corrected chi connectivity index (χ1v) is 14.6. The van der Waals surface area contributed by atoms with Crippen molar-refractivity contribution in [2.75, 3.05) is 10.6 Å². The van der Waals surface area contributed by atoms with E-state index < -0.39 is 10.0 Å². The smallest absolute Gasteiger partial charge is 0.267 e. The number of anilines is 1. The van der Waals surface area contributed by atoms with Gasteiger partial charge in [-0.25, -0.2) is 13.8 Å². The van der Waals surface area contributed by atoms with Gasteiger partial charge in [0.05, 0.1) is 34.7 Å². The van der Waals surface area contributed by atoms with Crippen molar-refractivity contribution in [3.8, 4) is 0 Å². The predicted octanol–water partition coefficient (Wildman–Crippen LogP) is 7.03. The van der Waals surface area contributed by atoms with Gasteiger partial charge in [-0.15, -0.1) is 0 Å². The Morgan fingerprint density at radius 3 is 2.10 bits per heavy atom. The van der Waals surface area contributed by atoms with Gasteiger partial charge in [0, 0.05) is 11.1 Å². The summed E-state index contributed by atoms with van der Waals surface area (Å²) in [5.41, 5.74) is 4.84. The summed E-state index contributed by atoms with van der Waals surface area (Å²) >= 11 is 12.4. The second-order valence-electron chi connectivity index (χ2n) is 8.97. The molecule has 0 aromatic heterocycles. The fourth-order valence-corrected chi connectivity index (χ4v) is 5.74. The Kier molecular flexibility index (Phi) is 7.57. The van der Waals surface area contributed by atoms with Gasteiger partial charge >= 0.3 is 0 Å². The lowest BCUT2D eigenvalue weighted by Crippen LogP contribution is -2.29. The van der Waals surface area contributed by atoms with E-state index in [4.69, 9.17) is 23.2 Å². The zero-order valence-corrected chi connectivity index (χ0v) is 23.1. The van der Waals surface area contributed by atoms with Crippen molar-refractivity contribution < 1.29 is 13.2 Å². The van der Waals surface area contributed by atoms with Crippen LogP contribution in [0.15, 0.2) is 102 Å². The number of rotatable bonds is 7. The SMILES string of the molecule is CS(=O)(=O)N(Cc1ccc(C(=O)N/N=C\c2c3ccccc3cc3ccccc23)cc1)c1cccc(Cl)c1Cl. The van der Waals surface area contributed by atoms with Gasteiger partial charge in [0.2, 0.25) is 10.0 Å². The maximum atomic E-state index is 12.8. The highest BCUT2D eigenvalue weighted by atomic mass is 35.5. The van der Waals surface area contributed by atoms with Gasteiger partial charge in [-0.05, 0) is 57.4 Å². The van der Waals surface area contributed by atoms with E-state index in [1.165, 1.54) is 4.31 Å². The van der Waals surface area contributed by atoms with Gasteiger partial charge in [-0.1, -0.05) is 89.9 Å². The molecule has 9 heteroatoms. The minimum Gasteiger partial charge on any atom is -0.267 e. The van der Waals surface area contributed by atoms with Gasteiger partial charge in [0.15, 0.2) is 0 Å². The molecule has 5 aromatic carbocycles. The third-order valence-corrected chi connectivity index (χ3v) is 8.25. The molecule has 0 radical (unpaired) electrons. The minimum atomic E-state index is -3.66. The standard InChI is InChI=1S/C30H23Cl2N3O3S/c1-39(37,38)35(28-12-6-11-27(31)29(28)32)19-20-13-15-21(16-14-20)30(36)34-33-18-26-24-9-4-2-7-22(24)17-23-8-3-5-10-25(23)26/h2-18H,19H2,1H3,(H,34,36)/b33-18-. The number of sulfonamides is 1. The summed E-state index contributed by atoms with van der Waals surface area (Å²) in [6.07, 6.45) is 2.76. The highest BCUT2D eigenvalue weighted by Crippen LogP contribution is 2.34. The van der Waals surface area contributed by atoms with E-state index in [9.17, 15) is 13.2 Å². The monoisotopic (exact) mass is 575 g/mol. The molecular weight excluding hydrogens is 553 g/mol. The lowest BCUT2D eigenvalue weighted by molar-refractivity contribution is 0.0955. The number of halogens is 2. The van der Waals surface area contributed by atoms with Crippen molar-refractivity contribution in [3.05, 3.63) is 124 Å². The van der Waals surface area contributed by atoms with Crippen molar-refractivity contribution in [1.29, 1.82) is 0 Å². The van der Waals surface area contributed by atoms with Crippen molar-refractivity contribution in [2.45, 2.75) is 6.54 Å². The summed E-state index contributed by atoms with van der Waals surface area (Å²) in [5.74, 6) is -0.389. The minimum absolute atomic E-state index is 0.0209. The largest absolute Gasteiger partial charge is 0.271 e. The van der Waals surface area contributed by atoms with Crippen LogP contribution < -0.4 is 9.73 Å². The van der Waals surface area contributed by atoms with Crippen LogP contribution in [0.1, 0.15) is 21.5 Å². The predicted molar refractivity (Wildman–Crippen MR) is 160 cm³/mol. The van der Waals surface area contributed by atoms with Crippen molar-refractivity contribution >= 4 is 72.6 Å². The Labute approximate surface area is 236 Å². The van der Waals surface area contributed by atoms with E-state index >= 15 is 0 Å². The number of carbonyl (C=O) groups excluding carboxylic acids is 1. The number of hydrogen-bond donors (Lipinski definition) is 1. The van der Waals surface area contributed by atoms with Crippen LogP contribution in [0.25, 0.3) is 21.5 Å². The lowest BCUT2D eigenvalue weighted by Gasteiger charge is -2.24. The fraction of sp³-hybridized carbons (Fsp3) is 0.0667. The molecule has 0 atom stereocenters. The van der Waals surface area contributed by atoms with Gasteiger partial charge in [0.1, 0.15) is 0 Å². The second-order valence-corrected chi connectivity index (χ2v) is 11.7. The quantitative estimate of drug-likeness (QED) is 0.128. The molecule has 1 N–H and O–H groups in total. The number of nitrogens with one attached hydrogen (secondary N) is 1. The Hall–Kier alpha value is -3.91. The van der Waals surface area contributed by atoms with E-state index in [2.05, 4.69) is 16.6 Å². The number of carbonyl (C=O) groups is 1. The number of benzene rings is 5. The first kappa shape index (κ1) is 26.7. The molecule has 6 nitrogen and oxygen atoms in total. The van der Waals surface area contributed by atoms with E-state index in [0.717, 1.165) is 33.4 Å². The molecule has 0 aliphatic carbocycles. The van der Waals surface area contributed by atoms with Gasteiger partial charge < -0.3 is 0 Å². The molecule has 1 amide bonds. The third-order valence-electron chi connectivity index (χ3n) is 6.32. The zero-order chi connectivity index (χ0) is 27.6. The summed E-state index contributed by atoms with van der Waals surface area (Å²) in [7, 11) is -3.66. The van der Waals surface area contributed by atoms with E-state index in [1.807, 2.05) is 48.5 Å². The van der Waals surface area contributed by atoms with Crippen molar-refractivity contribution in [2.24, 2.45) is 5.10 Å². The molecule has 0 saturated carbocycles. The average molecular weight is 577 g/mol. The van der Waals surface area contributed by atoms with Crippen LogP contribution in [0.4, 0.5) is 5.69 Å². The van der Waals surface area contributed by atoms with Crippen LogP contribution in [0.5, 0.6) is 0 Å². The van der Waals surface area contributed by atoms with Crippen LogP contribution in [0, 0.1) is 0 Å². The number of hydrogen-bond acceptors (Lipinski definition) is 4. The molecule has 0 heterocycles. The third kappa shape index (κ3) is 5.76. The first-order valence-electron chi connectivity index (χ1n) is 12.0. The average Bonchev–Trinajstić information content (AvgIpc) is 2.92. The van der Waals surface area contributed by atoms with Crippen LogP contribution in [-0.2, 0) is 16.6 Å². The molecule has 0 aliphatic rings. The highest BCUT2D eigenvalue weighted by molar-refractivity contribution is 7.92. The van der Waals surface area contributed by atoms with Crippen molar-refractivity contribution in [3.63, 3.8) is 0 Å². The Bertz CT molecular complexity index is 1780. The number of amides is 1. The van der Waals surface area contributed by atoms with E-state index in [-0.39, 0.29) is 28.2 Å². The number of hydrazone groups is 1. The van der Waals surface area contributed by atoms with Crippen molar-refractivity contribution in [1.82, 2.24) is 5.43 Å². The molecule has 39 heavy (non-hydrogen) atoms. The molecule has 5 aromatic rings. The van der Waals surface area contributed by atoms with E-state index in [0.29, 0.717) is 11.1 Å². The molecule has 0 fully saturated rings. The summed E-state index contributed by atoms with van der Waals surface area (Å²) in [4.78, 5) is 12.8. The van der Waals surface area contributed by atoms with Gasteiger partial charge in [0.25, 0.3) is 5.91 Å². The van der Waals surface area contributed by atoms with Crippen LogP contribution in [-0.4, -0.2) is 26.8 Å². The molecule has 0 unspecified atom stereocenters.